The summed E-state index contributed by atoms with van der Waals surface area (Å²) in [5.41, 5.74) is 6.65. The molecule has 2 aromatic carbocycles. The summed E-state index contributed by atoms with van der Waals surface area (Å²) < 4.78 is 10.5. The zero-order valence-electron chi connectivity index (χ0n) is 14.2. The zero-order valence-corrected chi connectivity index (χ0v) is 15.0. The molecular weight excluding hydrogens is 322 g/mol. The molecule has 0 fully saturated rings. The van der Waals surface area contributed by atoms with Crippen molar-refractivity contribution >= 4 is 28.7 Å². The standard InChI is InChI=1S/C18H21N3O2S/c1-12-5-8-15(9-6-12)19-18(24)21-20-13(2)14-7-10-16(22-3)17(11-14)23-4/h5-11H,1-4H3,(H2,19,21,24)/b20-13+. The molecule has 0 spiro atoms. The van der Waals surface area contributed by atoms with Crippen LogP contribution >= 0.6 is 12.2 Å². The molecule has 2 N–H and O–H groups in total. The summed E-state index contributed by atoms with van der Waals surface area (Å²) in [6.45, 7) is 3.93. The molecule has 2 aromatic rings. The van der Waals surface area contributed by atoms with E-state index in [2.05, 4.69) is 15.8 Å². The molecule has 24 heavy (non-hydrogen) atoms. The lowest BCUT2D eigenvalue weighted by molar-refractivity contribution is 0.355. The predicted molar refractivity (Wildman–Crippen MR) is 102 cm³/mol. The first-order valence-corrected chi connectivity index (χ1v) is 7.84. The minimum Gasteiger partial charge on any atom is -0.493 e. The van der Waals surface area contributed by atoms with Crippen LogP contribution in [-0.2, 0) is 0 Å². The second-order valence-electron chi connectivity index (χ2n) is 5.20. The van der Waals surface area contributed by atoms with Gasteiger partial charge in [-0.15, -0.1) is 0 Å². The summed E-state index contributed by atoms with van der Waals surface area (Å²) in [6.07, 6.45) is 0. The van der Waals surface area contributed by atoms with E-state index in [4.69, 9.17) is 21.7 Å². The average molecular weight is 343 g/mol. The maximum absolute atomic E-state index is 5.30. The zero-order chi connectivity index (χ0) is 17.5. The van der Waals surface area contributed by atoms with Crippen LogP contribution in [0.5, 0.6) is 11.5 Å². The summed E-state index contributed by atoms with van der Waals surface area (Å²) in [6, 6.07) is 13.6. The monoisotopic (exact) mass is 343 g/mol. The minimum absolute atomic E-state index is 0.429. The van der Waals surface area contributed by atoms with Crippen molar-refractivity contribution in [3.05, 3.63) is 53.6 Å². The van der Waals surface area contributed by atoms with E-state index in [1.165, 1.54) is 5.56 Å². The van der Waals surface area contributed by atoms with Crippen LogP contribution in [-0.4, -0.2) is 25.0 Å². The number of methoxy groups -OCH3 is 2. The number of hydrogen-bond acceptors (Lipinski definition) is 4. The molecule has 0 aliphatic rings. The van der Waals surface area contributed by atoms with Gasteiger partial charge in [-0.25, -0.2) is 0 Å². The van der Waals surface area contributed by atoms with E-state index in [0.717, 1.165) is 17.0 Å². The van der Waals surface area contributed by atoms with Gasteiger partial charge in [0.15, 0.2) is 16.6 Å². The minimum atomic E-state index is 0.429. The number of nitrogens with zero attached hydrogens (tertiary/aromatic N) is 1. The average Bonchev–Trinajstić information content (AvgIpc) is 2.61. The van der Waals surface area contributed by atoms with E-state index < -0.39 is 0 Å². The van der Waals surface area contributed by atoms with Crippen LogP contribution in [0.2, 0.25) is 0 Å². The molecule has 0 bridgehead atoms. The maximum Gasteiger partial charge on any atom is 0.191 e. The van der Waals surface area contributed by atoms with Gasteiger partial charge < -0.3 is 14.8 Å². The van der Waals surface area contributed by atoms with E-state index in [0.29, 0.717) is 16.6 Å². The molecule has 0 saturated heterocycles. The molecule has 0 atom stereocenters. The molecule has 0 aliphatic carbocycles. The van der Waals surface area contributed by atoms with Gasteiger partial charge >= 0.3 is 0 Å². The highest BCUT2D eigenvalue weighted by Gasteiger charge is 2.06. The van der Waals surface area contributed by atoms with Gasteiger partial charge in [0.25, 0.3) is 0 Å². The number of thiocarbonyl (C=S) groups is 1. The van der Waals surface area contributed by atoms with Crippen molar-refractivity contribution in [2.24, 2.45) is 5.10 Å². The third-order valence-corrected chi connectivity index (χ3v) is 3.63. The molecule has 0 aromatic heterocycles. The molecule has 6 heteroatoms. The summed E-state index contributed by atoms with van der Waals surface area (Å²) in [7, 11) is 3.21. The third-order valence-electron chi connectivity index (χ3n) is 3.44. The van der Waals surface area contributed by atoms with Gasteiger partial charge in [0.1, 0.15) is 0 Å². The van der Waals surface area contributed by atoms with Crippen molar-refractivity contribution in [2.45, 2.75) is 13.8 Å². The Hall–Kier alpha value is -2.60. The van der Waals surface area contributed by atoms with E-state index in [9.17, 15) is 0 Å². The third kappa shape index (κ3) is 4.70. The molecule has 0 aliphatic heterocycles. The van der Waals surface area contributed by atoms with Crippen LogP contribution in [0.3, 0.4) is 0 Å². The van der Waals surface area contributed by atoms with Gasteiger partial charge in [0.05, 0.1) is 19.9 Å². The largest absolute Gasteiger partial charge is 0.493 e. The maximum atomic E-state index is 5.30. The highest BCUT2D eigenvalue weighted by atomic mass is 32.1. The van der Waals surface area contributed by atoms with Crippen molar-refractivity contribution < 1.29 is 9.47 Å². The van der Waals surface area contributed by atoms with E-state index >= 15 is 0 Å². The number of rotatable bonds is 5. The first-order valence-electron chi connectivity index (χ1n) is 7.44. The summed E-state index contributed by atoms with van der Waals surface area (Å²) in [4.78, 5) is 0. The Bertz CT molecular complexity index is 742. The van der Waals surface area contributed by atoms with Crippen LogP contribution in [0.15, 0.2) is 47.6 Å². The molecular formula is C18H21N3O2S. The number of nitrogens with one attached hydrogen (secondary N) is 2. The molecule has 0 saturated carbocycles. The Balaban J connectivity index is 2.02. The van der Waals surface area contributed by atoms with Crippen LogP contribution in [0.1, 0.15) is 18.1 Å². The first kappa shape index (κ1) is 17.7. The Labute approximate surface area is 147 Å². The van der Waals surface area contributed by atoms with Crippen molar-refractivity contribution in [2.75, 3.05) is 19.5 Å². The lowest BCUT2D eigenvalue weighted by atomic mass is 10.1. The van der Waals surface area contributed by atoms with E-state index in [1.807, 2.05) is 56.3 Å². The van der Waals surface area contributed by atoms with E-state index in [1.54, 1.807) is 14.2 Å². The second-order valence-corrected chi connectivity index (χ2v) is 5.61. The van der Waals surface area contributed by atoms with Gasteiger partial charge in [-0.05, 0) is 56.4 Å². The number of benzene rings is 2. The number of hydrazone groups is 1. The summed E-state index contributed by atoms with van der Waals surface area (Å²) >= 11 is 5.25. The second kappa shape index (κ2) is 8.31. The lowest BCUT2D eigenvalue weighted by Gasteiger charge is -2.10. The van der Waals surface area contributed by atoms with Crippen LogP contribution < -0.4 is 20.2 Å². The highest BCUT2D eigenvalue weighted by Crippen LogP contribution is 2.27. The van der Waals surface area contributed by atoms with Gasteiger partial charge in [-0.2, -0.15) is 5.10 Å². The summed E-state index contributed by atoms with van der Waals surface area (Å²) in [5, 5.41) is 7.82. The quantitative estimate of drug-likeness (QED) is 0.492. The van der Waals surface area contributed by atoms with Gasteiger partial charge in [-0.1, -0.05) is 17.7 Å². The number of hydrogen-bond donors (Lipinski definition) is 2. The Morgan fingerprint density at radius 3 is 2.29 bits per heavy atom. The number of ether oxygens (including phenoxy) is 2. The smallest absolute Gasteiger partial charge is 0.191 e. The van der Waals surface area contributed by atoms with Crippen molar-refractivity contribution in [3.8, 4) is 11.5 Å². The van der Waals surface area contributed by atoms with Crippen LogP contribution in [0.4, 0.5) is 5.69 Å². The van der Waals surface area contributed by atoms with Gasteiger partial charge in [0.2, 0.25) is 0 Å². The van der Waals surface area contributed by atoms with E-state index in [-0.39, 0.29) is 0 Å². The van der Waals surface area contributed by atoms with Crippen LogP contribution in [0, 0.1) is 6.92 Å². The SMILES string of the molecule is COc1ccc(/C(C)=N/NC(=S)Nc2ccc(C)cc2)cc1OC. The highest BCUT2D eigenvalue weighted by molar-refractivity contribution is 7.80. The van der Waals surface area contributed by atoms with Crippen molar-refractivity contribution in [1.29, 1.82) is 0 Å². The fraction of sp³-hybridized carbons (Fsp3) is 0.222. The molecule has 0 radical (unpaired) electrons. The fourth-order valence-electron chi connectivity index (χ4n) is 2.06. The topological polar surface area (TPSA) is 54.9 Å². The van der Waals surface area contributed by atoms with Crippen LogP contribution in [0.25, 0.3) is 0 Å². The fourth-order valence-corrected chi connectivity index (χ4v) is 2.22. The first-order chi connectivity index (χ1) is 11.5. The molecule has 0 unspecified atom stereocenters. The lowest BCUT2D eigenvalue weighted by Crippen LogP contribution is -2.24. The summed E-state index contributed by atoms with van der Waals surface area (Å²) in [5.74, 6) is 1.34. The molecule has 0 heterocycles. The van der Waals surface area contributed by atoms with Gasteiger partial charge in [0, 0.05) is 11.3 Å². The molecule has 5 nitrogen and oxygen atoms in total. The molecule has 2 rings (SSSR count). The van der Waals surface area contributed by atoms with Crippen molar-refractivity contribution in [3.63, 3.8) is 0 Å². The van der Waals surface area contributed by atoms with Gasteiger partial charge in [-0.3, -0.25) is 5.43 Å². The number of aryl methyl sites for hydroxylation is 1. The molecule has 126 valence electrons. The normalized spacial score (nSPS) is 10.9. The predicted octanol–water partition coefficient (Wildman–Crippen LogP) is 3.72. The Morgan fingerprint density at radius 2 is 1.67 bits per heavy atom. The Kier molecular flexibility index (Phi) is 6.14. The Morgan fingerprint density at radius 1 is 1.00 bits per heavy atom. The molecule has 0 amide bonds. The van der Waals surface area contributed by atoms with Crippen molar-refractivity contribution in [1.82, 2.24) is 5.43 Å². The number of anilines is 1.